The molecule has 0 radical (unpaired) electrons. The summed E-state index contributed by atoms with van der Waals surface area (Å²) in [5, 5.41) is 0.789. The molecule has 2 fully saturated rings. The van der Waals surface area contributed by atoms with E-state index in [4.69, 9.17) is 5.73 Å². The molecule has 0 saturated heterocycles. The maximum absolute atomic E-state index is 13.0. The van der Waals surface area contributed by atoms with Crippen LogP contribution in [0.3, 0.4) is 0 Å². The van der Waals surface area contributed by atoms with E-state index >= 15 is 0 Å². The molecule has 0 spiro atoms. The fraction of sp³-hybridized carbons (Fsp3) is 0.650. The van der Waals surface area contributed by atoms with Gasteiger partial charge in [0.25, 0.3) is 5.91 Å². The second-order valence-electron chi connectivity index (χ2n) is 8.78. The highest BCUT2D eigenvalue weighted by Gasteiger charge is 2.45. The standard InChI is InChI=1S/C20H26N4O3S/c1-22-11-15(25)24(9-12-3-4-12)18-16(17(22)26)13-5-8-23(10-14(13)28-18)19(27)20(21)6-2-7-20/h12H,2-11,21H2,1H3. The number of fused-ring (bicyclic) bond motifs is 3. The summed E-state index contributed by atoms with van der Waals surface area (Å²) in [7, 11) is 1.70. The van der Waals surface area contributed by atoms with Crippen LogP contribution >= 0.6 is 11.3 Å². The molecule has 2 N–H and O–H groups in total. The van der Waals surface area contributed by atoms with E-state index < -0.39 is 5.54 Å². The first kappa shape index (κ1) is 18.1. The largest absolute Gasteiger partial charge is 0.336 e. The molecule has 3 amide bonds. The average molecular weight is 403 g/mol. The summed E-state index contributed by atoms with van der Waals surface area (Å²) in [5.41, 5.74) is 7.27. The maximum Gasteiger partial charge on any atom is 0.257 e. The van der Waals surface area contributed by atoms with Gasteiger partial charge in [-0.05, 0) is 50.0 Å². The third-order valence-electron chi connectivity index (χ3n) is 6.61. The summed E-state index contributed by atoms with van der Waals surface area (Å²) in [5.74, 6) is 0.488. The number of carbonyl (C=O) groups is 3. The van der Waals surface area contributed by atoms with Gasteiger partial charge < -0.3 is 20.4 Å². The van der Waals surface area contributed by atoms with E-state index in [1.807, 2.05) is 9.80 Å². The van der Waals surface area contributed by atoms with Crippen molar-refractivity contribution in [3.8, 4) is 0 Å². The van der Waals surface area contributed by atoms with E-state index in [9.17, 15) is 14.4 Å². The number of rotatable bonds is 3. The molecule has 0 bridgehead atoms. The van der Waals surface area contributed by atoms with E-state index in [1.165, 1.54) is 16.2 Å². The zero-order valence-electron chi connectivity index (χ0n) is 16.2. The minimum atomic E-state index is -0.699. The lowest BCUT2D eigenvalue weighted by Gasteiger charge is -2.41. The third-order valence-corrected chi connectivity index (χ3v) is 7.85. The Morgan fingerprint density at radius 2 is 2.00 bits per heavy atom. The van der Waals surface area contributed by atoms with Crippen molar-refractivity contribution in [1.29, 1.82) is 0 Å². The summed E-state index contributed by atoms with van der Waals surface area (Å²) in [6.45, 7) is 1.90. The van der Waals surface area contributed by atoms with Gasteiger partial charge in [0.1, 0.15) is 11.5 Å². The van der Waals surface area contributed by atoms with Gasteiger partial charge in [-0.3, -0.25) is 14.4 Å². The van der Waals surface area contributed by atoms with Crippen LogP contribution in [0.2, 0.25) is 0 Å². The lowest BCUT2D eigenvalue weighted by Crippen LogP contribution is -2.60. The first-order valence-corrected chi connectivity index (χ1v) is 11.0. The van der Waals surface area contributed by atoms with Crippen LogP contribution in [0, 0.1) is 5.92 Å². The smallest absolute Gasteiger partial charge is 0.257 e. The van der Waals surface area contributed by atoms with Gasteiger partial charge in [-0.15, -0.1) is 11.3 Å². The summed E-state index contributed by atoms with van der Waals surface area (Å²) >= 11 is 1.52. The molecule has 2 saturated carbocycles. The molecule has 5 rings (SSSR count). The normalized spacial score (nSPS) is 23.9. The number of nitrogens with two attached hydrogens (primary N) is 1. The predicted molar refractivity (Wildman–Crippen MR) is 106 cm³/mol. The molecule has 4 aliphatic rings. The van der Waals surface area contributed by atoms with E-state index in [-0.39, 0.29) is 24.3 Å². The quantitative estimate of drug-likeness (QED) is 0.827. The zero-order valence-corrected chi connectivity index (χ0v) is 17.0. The fourth-order valence-electron chi connectivity index (χ4n) is 4.47. The van der Waals surface area contributed by atoms with Crippen LogP contribution in [0.15, 0.2) is 0 Å². The van der Waals surface area contributed by atoms with Crippen LogP contribution in [-0.4, -0.2) is 59.7 Å². The first-order valence-electron chi connectivity index (χ1n) is 10.2. The van der Waals surface area contributed by atoms with Gasteiger partial charge in [-0.1, -0.05) is 0 Å². The monoisotopic (exact) mass is 402 g/mol. The molecule has 1 aromatic rings. The van der Waals surface area contributed by atoms with E-state index in [0.29, 0.717) is 37.5 Å². The summed E-state index contributed by atoms with van der Waals surface area (Å²) in [6.07, 6.45) is 5.46. The highest BCUT2D eigenvalue weighted by Crippen LogP contribution is 2.43. The number of thiophene rings is 1. The van der Waals surface area contributed by atoms with Gasteiger partial charge in [0.05, 0.1) is 17.6 Å². The lowest BCUT2D eigenvalue weighted by atomic mass is 9.76. The number of anilines is 1. The highest BCUT2D eigenvalue weighted by molar-refractivity contribution is 7.17. The minimum Gasteiger partial charge on any atom is -0.336 e. The summed E-state index contributed by atoms with van der Waals surface area (Å²) < 4.78 is 0. The summed E-state index contributed by atoms with van der Waals surface area (Å²) in [6, 6.07) is 0. The SMILES string of the molecule is CN1CC(=O)N(CC2CC2)c2sc3c(c2C1=O)CCN(C(=O)C1(N)CCC1)C3. The molecule has 0 aromatic carbocycles. The lowest BCUT2D eigenvalue weighted by molar-refractivity contribution is -0.141. The molecule has 0 unspecified atom stereocenters. The molecule has 3 heterocycles. The Bertz CT molecular complexity index is 871. The Morgan fingerprint density at radius 3 is 2.64 bits per heavy atom. The van der Waals surface area contributed by atoms with Crippen molar-refractivity contribution in [3.05, 3.63) is 16.0 Å². The van der Waals surface area contributed by atoms with E-state index in [0.717, 1.165) is 47.5 Å². The Balaban J connectivity index is 1.49. The van der Waals surface area contributed by atoms with Crippen molar-refractivity contribution >= 4 is 34.1 Å². The van der Waals surface area contributed by atoms with Crippen LogP contribution in [0.1, 0.15) is 52.9 Å². The molecule has 2 aliphatic heterocycles. The highest BCUT2D eigenvalue weighted by atomic mass is 32.1. The average Bonchev–Trinajstić information content (AvgIpc) is 3.41. The van der Waals surface area contributed by atoms with Crippen LogP contribution in [0.4, 0.5) is 5.00 Å². The van der Waals surface area contributed by atoms with E-state index in [1.54, 1.807) is 7.05 Å². The number of hydrogen-bond acceptors (Lipinski definition) is 5. The van der Waals surface area contributed by atoms with Crippen molar-refractivity contribution < 1.29 is 14.4 Å². The predicted octanol–water partition coefficient (Wildman–Crippen LogP) is 1.34. The van der Waals surface area contributed by atoms with Gasteiger partial charge in [0.15, 0.2) is 0 Å². The Hall–Kier alpha value is -1.93. The zero-order chi connectivity index (χ0) is 19.6. The second-order valence-corrected chi connectivity index (χ2v) is 9.86. The number of hydrogen-bond donors (Lipinski definition) is 1. The number of nitrogens with zero attached hydrogens (tertiary/aromatic N) is 3. The summed E-state index contributed by atoms with van der Waals surface area (Å²) in [4.78, 5) is 45.0. The second kappa shape index (κ2) is 6.29. The third kappa shape index (κ3) is 2.76. The molecule has 2 aliphatic carbocycles. The van der Waals surface area contributed by atoms with Crippen molar-refractivity contribution in [2.75, 3.05) is 31.6 Å². The molecule has 0 atom stereocenters. The Morgan fingerprint density at radius 1 is 1.25 bits per heavy atom. The molecule has 8 heteroatoms. The van der Waals surface area contributed by atoms with Gasteiger partial charge in [0, 0.05) is 25.0 Å². The maximum atomic E-state index is 13.0. The molecule has 7 nitrogen and oxygen atoms in total. The molecular formula is C20H26N4O3S. The number of likely N-dealkylation sites (N-methyl/N-ethyl adjacent to an activating group) is 1. The van der Waals surface area contributed by atoms with Gasteiger partial charge in [-0.2, -0.15) is 0 Å². The molecule has 28 heavy (non-hydrogen) atoms. The fourth-order valence-corrected chi connectivity index (χ4v) is 5.85. The van der Waals surface area contributed by atoms with Gasteiger partial charge in [0.2, 0.25) is 11.8 Å². The topological polar surface area (TPSA) is 87.0 Å². The van der Waals surface area contributed by atoms with Gasteiger partial charge in [-0.25, -0.2) is 0 Å². The van der Waals surface area contributed by atoms with Crippen molar-refractivity contribution in [1.82, 2.24) is 9.80 Å². The molecule has 1 aromatic heterocycles. The van der Waals surface area contributed by atoms with Crippen molar-refractivity contribution in [2.24, 2.45) is 11.7 Å². The Kier molecular flexibility index (Phi) is 4.07. The van der Waals surface area contributed by atoms with Crippen molar-refractivity contribution in [3.63, 3.8) is 0 Å². The van der Waals surface area contributed by atoms with Crippen LogP contribution < -0.4 is 10.6 Å². The number of amides is 3. The van der Waals surface area contributed by atoms with Crippen LogP contribution in [0.5, 0.6) is 0 Å². The van der Waals surface area contributed by atoms with E-state index in [2.05, 4.69) is 0 Å². The van der Waals surface area contributed by atoms with Crippen LogP contribution in [0.25, 0.3) is 0 Å². The Labute approximate surface area is 168 Å². The van der Waals surface area contributed by atoms with Crippen molar-refractivity contribution in [2.45, 2.75) is 50.6 Å². The van der Waals surface area contributed by atoms with Crippen LogP contribution in [-0.2, 0) is 22.6 Å². The molecule has 150 valence electrons. The number of carbonyl (C=O) groups excluding carboxylic acids is 3. The first-order chi connectivity index (χ1) is 13.4. The van der Waals surface area contributed by atoms with Gasteiger partial charge >= 0.3 is 0 Å². The molecular weight excluding hydrogens is 376 g/mol. The minimum absolute atomic E-state index is 0.0107.